The number of thioether (sulfide) groups is 2. The van der Waals surface area contributed by atoms with Gasteiger partial charge in [0.15, 0.2) is 11.0 Å². The first kappa shape index (κ1) is 16.1. The summed E-state index contributed by atoms with van der Waals surface area (Å²) >= 11 is 3.48. The van der Waals surface area contributed by atoms with Gasteiger partial charge in [-0.2, -0.15) is 0 Å². The van der Waals surface area contributed by atoms with Crippen molar-refractivity contribution >= 4 is 23.5 Å². The maximum atomic E-state index is 4.38. The second kappa shape index (κ2) is 7.23. The van der Waals surface area contributed by atoms with E-state index in [1.165, 1.54) is 16.0 Å². The number of nitrogens with zero attached hydrogens (tertiary/aromatic N) is 3. The number of aromatic nitrogens is 3. The highest BCUT2D eigenvalue weighted by molar-refractivity contribution is 7.98. The monoisotopic (exact) mass is 341 g/mol. The van der Waals surface area contributed by atoms with E-state index < -0.39 is 0 Å². The Labute approximate surface area is 145 Å². The fourth-order valence-corrected chi connectivity index (χ4v) is 3.64. The summed E-state index contributed by atoms with van der Waals surface area (Å²) in [5, 5.41) is 9.67. The van der Waals surface area contributed by atoms with Gasteiger partial charge in [-0.15, -0.1) is 22.0 Å². The molecule has 0 aliphatic carbocycles. The van der Waals surface area contributed by atoms with Gasteiger partial charge in [0.2, 0.25) is 0 Å². The Morgan fingerprint density at radius 3 is 2.43 bits per heavy atom. The number of benzene rings is 2. The first-order chi connectivity index (χ1) is 11.2. The minimum absolute atomic E-state index is 0.897. The van der Waals surface area contributed by atoms with Crippen LogP contribution in [-0.2, 0) is 12.8 Å². The molecule has 0 bridgehead atoms. The lowest BCUT2D eigenvalue weighted by Gasteiger charge is -2.06. The highest BCUT2D eigenvalue weighted by Gasteiger charge is 2.12. The molecule has 0 saturated carbocycles. The van der Waals surface area contributed by atoms with Crippen molar-refractivity contribution in [3.8, 4) is 11.4 Å². The van der Waals surface area contributed by atoms with E-state index in [2.05, 4.69) is 64.3 Å². The molecule has 1 heterocycles. The molecule has 0 unspecified atom stereocenters. The number of hydrogen-bond acceptors (Lipinski definition) is 4. The van der Waals surface area contributed by atoms with Gasteiger partial charge in [-0.1, -0.05) is 48.2 Å². The molecule has 0 aliphatic heterocycles. The molecule has 0 saturated heterocycles. The fraction of sp³-hybridized carbons (Fsp3) is 0.222. The quantitative estimate of drug-likeness (QED) is 0.623. The van der Waals surface area contributed by atoms with E-state index in [0.717, 1.165) is 22.3 Å². The zero-order valence-corrected chi connectivity index (χ0v) is 15.1. The Bertz CT molecular complexity index is 794. The SMILES string of the molecule is CSc1ccc(CSc2nnc(-c3ccccc3C)n2C)cc1. The Hall–Kier alpha value is -1.72. The summed E-state index contributed by atoms with van der Waals surface area (Å²) in [6, 6.07) is 17.0. The van der Waals surface area contributed by atoms with Gasteiger partial charge in [0.05, 0.1) is 0 Å². The molecule has 1 aromatic heterocycles. The smallest absolute Gasteiger partial charge is 0.191 e. The predicted molar refractivity (Wildman–Crippen MR) is 99.0 cm³/mol. The molecule has 5 heteroatoms. The Balaban J connectivity index is 1.75. The van der Waals surface area contributed by atoms with Crippen LogP contribution < -0.4 is 0 Å². The molecule has 3 nitrogen and oxygen atoms in total. The van der Waals surface area contributed by atoms with Crippen molar-refractivity contribution in [2.24, 2.45) is 7.05 Å². The molecule has 118 valence electrons. The van der Waals surface area contributed by atoms with Crippen molar-refractivity contribution in [3.63, 3.8) is 0 Å². The Kier molecular flexibility index (Phi) is 5.08. The van der Waals surface area contributed by atoms with Crippen molar-refractivity contribution in [3.05, 3.63) is 59.7 Å². The molecule has 0 amide bonds. The zero-order valence-electron chi connectivity index (χ0n) is 13.5. The molecule has 23 heavy (non-hydrogen) atoms. The van der Waals surface area contributed by atoms with Crippen molar-refractivity contribution in [2.75, 3.05) is 6.26 Å². The molecule has 2 aromatic carbocycles. The van der Waals surface area contributed by atoms with E-state index in [-0.39, 0.29) is 0 Å². The largest absolute Gasteiger partial charge is 0.305 e. The minimum atomic E-state index is 0.897. The maximum absolute atomic E-state index is 4.38. The molecular weight excluding hydrogens is 322 g/mol. The number of rotatable bonds is 5. The fourth-order valence-electron chi connectivity index (χ4n) is 2.37. The van der Waals surface area contributed by atoms with Crippen LogP contribution >= 0.6 is 23.5 Å². The average molecular weight is 342 g/mol. The summed E-state index contributed by atoms with van der Waals surface area (Å²) in [5.41, 5.74) is 3.65. The molecule has 0 spiro atoms. The average Bonchev–Trinajstić information content (AvgIpc) is 2.94. The van der Waals surface area contributed by atoms with Gasteiger partial charge in [-0.05, 0) is 36.4 Å². The highest BCUT2D eigenvalue weighted by atomic mass is 32.2. The zero-order chi connectivity index (χ0) is 16.2. The summed E-state index contributed by atoms with van der Waals surface area (Å²) < 4.78 is 2.07. The van der Waals surface area contributed by atoms with Gasteiger partial charge in [-0.25, -0.2) is 0 Å². The molecule has 3 aromatic rings. The van der Waals surface area contributed by atoms with Crippen LogP contribution in [0.4, 0.5) is 0 Å². The normalized spacial score (nSPS) is 10.9. The van der Waals surface area contributed by atoms with Crippen LogP contribution in [-0.4, -0.2) is 21.0 Å². The molecule has 0 N–H and O–H groups in total. The summed E-state index contributed by atoms with van der Waals surface area (Å²) in [6.07, 6.45) is 2.09. The van der Waals surface area contributed by atoms with Gasteiger partial charge in [-0.3, -0.25) is 0 Å². The standard InChI is InChI=1S/C18H19N3S2/c1-13-6-4-5-7-16(13)17-19-20-18(21(17)2)23-12-14-8-10-15(22-3)11-9-14/h4-11H,12H2,1-3H3. The number of aryl methyl sites for hydroxylation is 1. The molecule has 0 atom stereocenters. The summed E-state index contributed by atoms with van der Waals surface area (Å²) in [7, 11) is 2.03. The third-order valence-corrected chi connectivity index (χ3v) is 5.58. The van der Waals surface area contributed by atoms with Crippen LogP contribution in [0.25, 0.3) is 11.4 Å². The third-order valence-electron chi connectivity index (χ3n) is 3.75. The molecule has 0 aliphatic rings. The van der Waals surface area contributed by atoms with Crippen LogP contribution in [0.15, 0.2) is 58.6 Å². The van der Waals surface area contributed by atoms with Crippen LogP contribution in [0.2, 0.25) is 0 Å². The maximum Gasteiger partial charge on any atom is 0.191 e. The lowest BCUT2D eigenvalue weighted by molar-refractivity contribution is 0.793. The van der Waals surface area contributed by atoms with Gasteiger partial charge >= 0.3 is 0 Å². The third kappa shape index (κ3) is 3.62. The van der Waals surface area contributed by atoms with Crippen LogP contribution in [0.1, 0.15) is 11.1 Å². The van der Waals surface area contributed by atoms with Crippen molar-refractivity contribution < 1.29 is 0 Å². The first-order valence-corrected chi connectivity index (χ1v) is 9.61. The van der Waals surface area contributed by atoms with Crippen LogP contribution in [0.5, 0.6) is 0 Å². The van der Waals surface area contributed by atoms with Gasteiger partial charge in [0, 0.05) is 23.3 Å². The molecule has 3 rings (SSSR count). The van der Waals surface area contributed by atoms with Crippen molar-refractivity contribution in [2.45, 2.75) is 22.7 Å². The lowest BCUT2D eigenvalue weighted by atomic mass is 10.1. The number of hydrogen-bond donors (Lipinski definition) is 0. The second-order valence-electron chi connectivity index (χ2n) is 5.32. The lowest BCUT2D eigenvalue weighted by Crippen LogP contribution is -1.96. The van der Waals surface area contributed by atoms with E-state index in [1.54, 1.807) is 23.5 Å². The van der Waals surface area contributed by atoms with Crippen LogP contribution in [0, 0.1) is 6.92 Å². The summed E-state index contributed by atoms with van der Waals surface area (Å²) in [5.74, 6) is 1.82. The van der Waals surface area contributed by atoms with Crippen LogP contribution in [0.3, 0.4) is 0 Å². The van der Waals surface area contributed by atoms with Crippen molar-refractivity contribution in [1.82, 2.24) is 14.8 Å². The topological polar surface area (TPSA) is 30.7 Å². The van der Waals surface area contributed by atoms with E-state index in [1.807, 2.05) is 19.2 Å². The Morgan fingerprint density at radius 1 is 1.00 bits per heavy atom. The van der Waals surface area contributed by atoms with E-state index >= 15 is 0 Å². The molecule has 0 radical (unpaired) electrons. The van der Waals surface area contributed by atoms with Crippen molar-refractivity contribution in [1.29, 1.82) is 0 Å². The summed E-state index contributed by atoms with van der Waals surface area (Å²) in [4.78, 5) is 1.29. The van der Waals surface area contributed by atoms with Gasteiger partial charge in [0.1, 0.15) is 0 Å². The van der Waals surface area contributed by atoms with E-state index in [9.17, 15) is 0 Å². The molecule has 0 fully saturated rings. The minimum Gasteiger partial charge on any atom is -0.305 e. The van der Waals surface area contributed by atoms with Gasteiger partial charge in [0.25, 0.3) is 0 Å². The van der Waals surface area contributed by atoms with E-state index in [4.69, 9.17) is 0 Å². The summed E-state index contributed by atoms with van der Waals surface area (Å²) in [6.45, 7) is 2.10. The highest BCUT2D eigenvalue weighted by Crippen LogP contribution is 2.27. The predicted octanol–water partition coefficient (Wildman–Crippen LogP) is 4.80. The Morgan fingerprint density at radius 2 is 1.74 bits per heavy atom. The second-order valence-corrected chi connectivity index (χ2v) is 7.14. The van der Waals surface area contributed by atoms with Gasteiger partial charge < -0.3 is 4.57 Å². The van der Waals surface area contributed by atoms with E-state index in [0.29, 0.717) is 0 Å². The first-order valence-electron chi connectivity index (χ1n) is 7.40. The molecular formula is C18H19N3S2.